The third-order valence-electron chi connectivity index (χ3n) is 4.83. The van der Waals surface area contributed by atoms with Crippen LogP contribution in [0.5, 0.6) is 0 Å². The Bertz CT molecular complexity index is 259. The number of carbonyl (C=O) groups excluding carboxylic acids is 1. The molecule has 2 saturated heterocycles. The van der Waals surface area contributed by atoms with Gasteiger partial charge in [-0.05, 0) is 76.4 Å². The van der Waals surface area contributed by atoms with Crippen molar-refractivity contribution in [3.8, 4) is 0 Å². The first-order valence-electron chi connectivity index (χ1n) is 8.35. The second-order valence-electron chi connectivity index (χ2n) is 6.37. The number of nitrogens with zero attached hydrogens (tertiary/aromatic N) is 1. The predicted octanol–water partition coefficient (Wildman–Crippen LogP) is 2.04. The fourth-order valence-electron chi connectivity index (χ4n) is 3.47. The number of rotatable bonds is 9. The Morgan fingerprint density at radius 1 is 1.10 bits per heavy atom. The van der Waals surface area contributed by atoms with Gasteiger partial charge in [0.2, 0.25) is 6.41 Å². The SMILES string of the molecule is O=CNCCCC1CCN(CCCC2CCOC2)CC1. The van der Waals surface area contributed by atoms with Gasteiger partial charge in [0.15, 0.2) is 0 Å². The highest BCUT2D eigenvalue weighted by Gasteiger charge is 2.19. The quantitative estimate of drug-likeness (QED) is 0.520. The normalized spacial score (nSPS) is 24.9. The standard InChI is InChI=1S/C16H30N2O2/c19-14-17-8-1-3-15-5-10-18(11-6-15)9-2-4-16-7-12-20-13-16/h14-16H,1-13H2,(H,17,19). The third kappa shape index (κ3) is 5.80. The Balaban J connectivity index is 1.47. The minimum Gasteiger partial charge on any atom is -0.381 e. The maximum Gasteiger partial charge on any atom is 0.207 e. The van der Waals surface area contributed by atoms with Crippen molar-refractivity contribution in [3.63, 3.8) is 0 Å². The predicted molar refractivity (Wildman–Crippen MR) is 80.6 cm³/mol. The van der Waals surface area contributed by atoms with E-state index in [2.05, 4.69) is 10.2 Å². The molecular formula is C16H30N2O2. The maximum atomic E-state index is 10.2. The zero-order valence-corrected chi connectivity index (χ0v) is 12.7. The van der Waals surface area contributed by atoms with Crippen molar-refractivity contribution in [2.45, 2.75) is 44.9 Å². The van der Waals surface area contributed by atoms with E-state index in [0.29, 0.717) is 0 Å². The molecule has 0 aromatic rings. The summed E-state index contributed by atoms with van der Waals surface area (Å²) < 4.78 is 5.43. The van der Waals surface area contributed by atoms with Crippen molar-refractivity contribution in [2.24, 2.45) is 11.8 Å². The summed E-state index contributed by atoms with van der Waals surface area (Å²) in [6, 6.07) is 0. The molecule has 0 bridgehead atoms. The van der Waals surface area contributed by atoms with Crippen molar-refractivity contribution in [3.05, 3.63) is 0 Å². The molecule has 0 saturated carbocycles. The third-order valence-corrected chi connectivity index (χ3v) is 4.83. The molecule has 1 atom stereocenters. The van der Waals surface area contributed by atoms with Crippen LogP contribution in [0.25, 0.3) is 0 Å². The number of ether oxygens (including phenoxy) is 1. The molecule has 1 unspecified atom stereocenters. The summed E-state index contributed by atoms with van der Waals surface area (Å²) in [5, 5.41) is 2.75. The van der Waals surface area contributed by atoms with E-state index in [1.165, 1.54) is 58.2 Å². The van der Waals surface area contributed by atoms with Gasteiger partial charge in [-0.15, -0.1) is 0 Å². The first kappa shape index (κ1) is 15.8. The zero-order chi connectivity index (χ0) is 14.0. The molecule has 2 rings (SSSR count). The van der Waals surface area contributed by atoms with Crippen LogP contribution in [0.2, 0.25) is 0 Å². The number of nitrogens with one attached hydrogen (secondary N) is 1. The topological polar surface area (TPSA) is 41.6 Å². The van der Waals surface area contributed by atoms with E-state index in [0.717, 1.165) is 44.4 Å². The van der Waals surface area contributed by atoms with Gasteiger partial charge < -0.3 is 15.0 Å². The fourth-order valence-corrected chi connectivity index (χ4v) is 3.47. The van der Waals surface area contributed by atoms with E-state index in [1.807, 2.05) is 0 Å². The van der Waals surface area contributed by atoms with Crippen LogP contribution in [0.15, 0.2) is 0 Å². The number of amides is 1. The van der Waals surface area contributed by atoms with Gasteiger partial charge in [-0.25, -0.2) is 0 Å². The van der Waals surface area contributed by atoms with E-state index in [9.17, 15) is 4.79 Å². The van der Waals surface area contributed by atoms with Gasteiger partial charge in [0, 0.05) is 19.8 Å². The summed E-state index contributed by atoms with van der Waals surface area (Å²) in [6.45, 7) is 6.63. The molecule has 116 valence electrons. The molecule has 2 heterocycles. The molecule has 0 spiro atoms. The van der Waals surface area contributed by atoms with E-state index < -0.39 is 0 Å². The summed E-state index contributed by atoms with van der Waals surface area (Å²) in [6.07, 6.45) is 9.84. The average Bonchev–Trinajstić information content (AvgIpc) is 2.98. The molecule has 0 aromatic heterocycles. The van der Waals surface area contributed by atoms with Crippen LogP contribution in [0.3, 0.4) is 0 Å². The van der Waals surface area contributed by atoms with Gasteiger partial charge >= 0.3 is 0 Å². The molecule has 20 heavy (non-hydrogen) atoms. The molecule has 1 amide bonds. The lowest BCUT2D eigenvalue weighted by Gasteiger charge is -2.32. The second-order valence-corrected chi connectivity index (χ2v) is 6.37. The highest BCUT2D eigenvalue weighted by Crippen LogP contribution is 2.23. The van der Waals surface area contributed by atoms with Crippen LogP contribution in [0.4, 0.5) is 0 Å². The Morgan fingerprint density at radius 3 is 2.60 bits per heavy atom. The molecule has 4 heteroatoms. The zero-order valence-electron chi connectivity index (χ0n) is 12.7. The average molecular weight is 282 g/mol. The lowest BCUT2D eigenvalue weighted by molar-refractivity contribution is -0.109. The Labute approximate surface area is 123 Å². The molecule has 2 aliphatic rings. The minimum absolute atomic E-state index is 0.804. The molecule has 1 N–H and O–H groups in total. The highest BCUT2D eigenvalue weighted by molar-refractivity contribution is 5.45. The number of piperidine rings is 1. The Morgan fingerprint density at radius 2 is 1.90 bits per heavy atom. The van der Waals surface area contributed by atoms with Crippen molar-refractivity contribution < 1.29 is 9.53 Å². The largest absolute Gasteiger partial charge is 0.381 e. The van der Waals surface area contributed by atoms with Gasteiger partial charge in [0.05, 0.1) is 0 Å². The summed E-state index contributed by atoms with van der Waals surface area (Å²) in [4.78, 5) is 12.8. The van der Waals surface area contributed by atoms with E-state index in [1.54, 1.807) is 0 Å². The lowest BCUT2D eigenvalue weighted by Crippen LogP contribution is -2.34. The number of likely N-dealkylation sites (tertiary alicyclic amines) is 1. The number of carbonyl (C=O) groups is 1. The van der Waals surface area contributed by atoms with Crippen molar-refractivity contribution >= 4 is 6.41 Å². The van der Waals surface area contributed by atoms with E-state index >= 15 is 0 Å². The van der Waals surface area contributed by atoms with Gasteiger partial charge in [-0.3, -0.25) is 4.79 Å². The van der Waals surface area contributed by atoms with Gasteiger partial charge in [0.1, 0.15) is 0 Å². The van der Waals surface area contributed by atoms with Crippen molar-refractivity contribution in [2.75, 3.05) is 39.4 Å². The van der Waals surface area contributed by atoms with Gasteiger partial charge in [-0.2, -0.15) is 0 Å². The smallest absolute Gasteiger partial charge is 0.207 e. The molecule has 2 aliphatic heterocycles. The first-order valence-corrected chi connectivity index (χ1v) is 8.35. The summed E-state index contributed by atoms with van der Waals surface area (Å²) in [7, 11) is 0. The monoisotopic (exact) mass is 282 g/mol. The summed E-state index contributed by atoms with van der Waals surface area (Å²) in [5.41, 5.74) is 0. The molecule has 0 aliphatic carbocycles. The molecule has 2 fully saturated rings. The molecule has 0 radical (unpaired) electrons. The number of hydrogen-bond acceptors (Lipinski definition) is 3. The van der Waals surface area contributed by atoms with E-state index in [-0.39, 0.29) is 0 Å². The molecule has 4 nitrogen and oxygen atoms in total. The van der Waals surface area contributed by atoms with Crippen molar-refractivity contribution in [1.82, 2.24) is 10.2 Å². The van der Waals surface area contributed by atoms with Crippen LogP contribution in [0.1, 0.15) is 44.9 Å². The second kappa shape index (κ2) is 9.35. The van der Waals surface area contributed by atoms with Crippen LogP contribution in [0, 0.1) is 11.8 Å². The van der Waals surface area contributed by atoms with Gasteiger partial charge in [-0.1, -0.05) is 0 Å². The van der Waals surface area contributed by atoms with E-state index in [4.69, 9.17) is 4.74 Å². The van der Waals surface area contributed by atoms with Crippen LogP contribution >= 0.6 is 0 Å². The minimum atomic E-state index is 0.804. The number of hydrogen-bond donors (Lipinski definition) is 1. The fraction of sp³-hybridized carbons (Fsp3) is 0.938. The highest BCUT2D eigenvalue weighted by atomic mass is 16.5. The molecule has 0 aromatic carbocycles. The van der Waals surface area contributed by atoms with Crippen LogP contribution in [-0.2, 0) is 9.53 Å². The van der Waals surface area contributed by atoms with Gasteiger partial charge in [0.25, 0.3) is 0 Å². The summed E-state index contributed by atoms with van der Waals surface area (Å²) >= 11 is 0. The van der Waals surface area contributed by atoms with Crippen LogP contribution in [-0.4, -0.2) is 50.7 Å². The maximum absolute atomic E-state index is 10.2. The molecular weight excluding hydrogens is 252 g/mol. The van der Waals surface area contributed by atoms with Crippen LogP contribution < -0.4 is 5.32 Å². The van der Waals surface area contributed by atoms with Crippen molar-refractivity contribution in [1.29, 1.82) is 0 Å². The summed E-state index contributed by atoms with van der Waals surface area (Å²) in [5.74, 6) is 1.71. The lowest BCUT2D eigenvalue weighted by atomic mass is 9.92. The Kier molecular flexibility index (Phi) is 7.37. The first-order chi connectivity index (χ1) is 9.88. The Hall–Kier alpha value is -0.610.